The molecule has 1 amide bonds. The lowest BCUT2D eigenvalue weighted by molar-refractivity contribution is -0.154. The van der Waals surface area contributed by atoms with E-state index in [2.05, 4.69) is 15.3 Å². The SMILES string of the molecule is Cc1cc(C(C)NC(=O)c2ccc(OCC(F)(F)F)nc2N2CCOCC2)cc(CC(=O)C(C)C)n1. The molecule has 1 fully saturated rings. The van der Waals surface area contributed by atoms with Crippen molar-refractivity contribution in [2.24, 2.45) is 5.92 Å². The Balaban J connectivity index is 1.82. The van der Waals surface area contributed by atoms with Crippen LogP contribution < -0.4 is 15.0 Å². The van der Waals surface area contributed by atoms with Crippen molar-refractivity contribution in [2.75, 3.05) is 37.8 Å². The van der Waals surface area contributed by atoms with Crippen molar-refractivity contribution in [3.63, 3.8) is 0 Å². The number of morpholine rings is 1. The molecule has 0 radical (unpaired) electrons. The van der Waals surface area contributed by atoms with E-state index in [4.69, 9.17) is 9.47 Å². The van der Waals surface area contributed by atoms with Crippen LogP contribution in [-0.2, 0) is 16.0 Å². The van der Waals surface area contributed by atoms with Crippen molar-refractivity contribution in [3.05, 3.63) is 46.8 Å². The van der Waals surface area contributed by atoms with Gasteiger partial charge in [0.05, 0.1) is 24.8 Å². The summed E-state index contributed by atoms with van der Waals surface area (Å²) in [6, 6.07) is 5.87. The first-order valence-electron chi connectivity index (χ1n) is 11.8. The first-order chi connectivity index (χ1) is 16.9. The summed E-state index contributed by atoms with van der Waals surface area (Å²) in [6.45, 7) is 7.49. The van der Waals surface area contributed by atoms with Crippen molar-refractivity contribution in [1.82, 2.24) is 15.3 Å². The first kappa shape index (κ1) is 27.4. The Morgan fingerprint density at radius 1 is 1.14 bits per heavy atom. The monoisotopic (exact) mass is 508 g/mol. The van der Waals surface area contributed by atoms with Gasteiger partial charge in [0, 0.05) is 42.9 Å². The highest BCUT2D eigenvalue weighted by Gasteiger charge is 2.29. The number of nitrogens with one attached hydrogen (secondary N) is 1. The van der Waals surface area contributed by atoms with E-state index in [1.807, 2.05) is 33.8 Å². The zero-order chi connectivity index (χ0) is 26.5. The van der Waals surface area contributed by atoms with Gasteiger partial charge < -0.3 is 19.7 Å². The van der Waals surface area contributed by atoms with Crippen molar-refractivity contribution >= 4 is 17.5 Å². The lowest BCUT2D eigenvalue weighted by Gasteiger charge is -2.29. The highest BCUT2D eigenvalue weighted by atomic mass is 19.4. The number of anilines is 1. The molecule has 36 heavy (non-hydrogen) atoms. The smallest absolute Gasteiger partial charge is 0.422 e. The molecule has 1 aliphatic heterocycles. The minimum Gasteiger partial charge on any atom is -0.468 e. The van der Waals surface area contributed by atoms with Crippen LogP contribution in [0.2, 0.25) is 0 Å². The topological polar surface area (TPSA) is 93.6 Å². The molecule has 0 aliphatic carbocycles. The highest BCUT2D eigenvalue weighted by molar-refractivity contribution is 5.99. The normalized spacial score (nSPS) is 15.1. The van der Waals surface area contributed by atoms with Crippen LogP contribution in [0, 0.1) is 12.8 Å². The second-order valence-electron chi connectivity index (χ2n) is 9.05. The Kier molecular flexibility index (Phi) is 8.89. The fourth-order valence-electron chi connectivity index (χ4n) is 3.71. The third kappa shape index (κ3) is 7.64. The molecule has 0 saturated carbocycles. The Labute approximate surface area is 208 Å². The van der Waals surface area contributed by atoms with E-state index in [9.17, 15) is 22.8 Å². The number of rotatable bonds is 9. The number of ketones is 1. The predicted octanol–water partition coefficient (Wildman–Crippen LogP) is 3.82. The van der Waals surface area contributed by atoms with E-state index in [1.165, 1.54) is 12.1 Å². The Bertz CT molecular complexity index is 1090. The zero-order valence-corrected chi connectivity index (χ0v) is 20.8. The van der Waals surface area contributed by atoms with Crippen molar-refractivity contribution in [2.45, 2.75) is 46.3 Å². The van der Waals surface area contributed by atoms with Crippen LogP contribution in [0.25, 0.3) is 0 Å². The molecule has 8 nitrogen and oxygen atoms in total. The highest BCUT2D eigenvalue weighted by Crippen LogP contribution is 2.26. The van der Waals surface area contributed by atoms with Crippen molar-refractivity contribution in [3.8, 4) is 5.88 Å². The average Bonchev–Trinajstić information content (AvgIpc) is 2.82. The number of halogens is 3. The van der Waals surface area contributed by atoms with Gasteiger partial charge in [-0.15, -0.1) is 0 Å². The summed E-state index contributed by atoms with van der Waals surface area (Å²) in [5, 5.41) is 2.93. The number of hydrogen-bond acceptors (Lipinski definition) is 7. The van der Waals surface area contributed by atoms with Crippen LogP contribution in [0.15, 0.2) is 24.3 Å². The van der Waals surface area contributed by atoms with E-state index < -0.39 is 24.7 Å². The molecule has 1 unspecified atom stereocenters. The number of aryl methyl sites for hydroxylation is 1. The van der Waals surface area contributed by atoms with Crippen molar-refractivity contribution < 1.29 is 32.2 Å². The maximum absolute atomic E-state index is 13.3. The standard InChI is InChI=1S/C25H31F3N4O4/c1-15(2)21(33)13-19-12-18(11-16(3)29-19)17(4)30-24(34)20-5-6-22(36-14-25(26,27)28)31-23(20)32-7-9-35-10-8-32/h5-6,11-12,15,17H,7-10,13-14H2,1-4H3,(H,30,34). The first-order valence-corrected chi connectivity index (χ1v) is 11.8. The summed E-state index contributed by atoms with van der Waals surface area (Å²) in [7, 11) is 0. The number of carbonyl (C=O) groups is 2. The fraction of sp³-hybridized carbons (Fsp3) is 0.520. The molecule has 1 saturated heterocycles. The number of hydrogen-bond donors (Lipinski definition) is 1. The minimum atomic E-state index is -4.51. The van der Waals surface area contributed by atoms with Gasteiger partial charge in [0.1, 0.15) is 11.6 Å². The van der Waals surface area contributed by atoms with E-state index in [0.717, 1.165) is 11.3 Å². The van der Waals surface area contributed by atoms with Crippen LogP contribution in [-0.4, -0.2) is 60.7 Å². The molecule has 0 bridgehead atoms. The molecule has 1 aliphatic rings. The second-order valence-corrected chi connectivity index (χ2v) is 9.05. The molecule has 3 heterocycles. The lowest BCUT2D eigenvalue weighted by Crippen LogP contribution is -2.39. The number of ether oxygens (including phenoxy) is 2. The van der Waals surface area contributed by atoms with E-state index in [1.54, 1.807) is 11.0 Å². The summed E-state index contributed by atoms with van der Waals surface area (Å²) in [5.74, 6) is -0.459. The number of pyridine rings is 2. The third-order valence-corrected chi connectivity index (χ3v) is 5.66. The van der Waals surface area contributed by atoms with Gasteiger partial charge in [-0.1, -0.05) is 13.8 Å². The maximum Gasteiger partial charge on any atom is 0.422 e. The van der Waals surface area contributed by atoms with Crippen molar-refractivity contribution in [1.29, 1.82) is 0 Å². The summed E-state index contributed by atoms with van der Waals surface area (Å²) in [6.07, 6.45) is -4.30. The number of nitrogens with zero attached hydrogens (tertiary/aromatic N) is 3. The van der Waals surface area contributed by atoms with Gasteiger partial charge >= 0.3 is 6.18 Å². The average molecular weight is 509 g/mol. The largest absolute Gasteiger partial charge is 0.468 e. The van der Waals surface area contributed by atoms with Crippen LogP contribution in [0.4, 0.5) is 19.0 Å². The molecular formula is C25H31F3N4O4. The van der Waals surface area contributed by atoms with Crippen LogP contribution in [0.1, 0.15) is 54.1 Å². The number of Topliss-reactive ketones (excluding diaryl/α,β-unsaturated/α-hetero) is 1. The molecule has 2 aromatic heterocycles. The Morgan fingerprint density at radius 2 is 1.83 bits per heavy atom. The molecule has 0 aromatic carbocycles. The second kappa shape index (κ2) is 11.7. The van der Waals surface area contributed by atoms with Gasteiger partial charge in [-0.3, -0.25) is 14.6 Å². The number of carbonyl (C=O) groups excluding carboxylic acids is 2. The van der Waals surface area contributed by atoms with Gasteiger partial charge in [-0.25, -0.2) is 0 Å². The quantitative estimate of drug-likeness (QED) is 0.550. The molecule has 0 spiro atoms. The zero-order valence-electron chi connectivity index (χ0n) is 20.8. The summed E-state index contributed by atoms with van der Waals surface area (Å²) in [4.78, 5) is 35.9. The van der Waals surface area contributed by atoms with Crippen LogP contribution in [0.3, 0.4) is 0 Å². The van der Waals surface area contributed by atoms with E-state index in [-0.39, 0.29) is 35.4 Å². The summed E-state index contributed by atoms with van der Waals surface area (Å²) < 4.78 is 48.0. The fourth-order valence-corrected chi connectivity index (χ4v) is 3.71. The summed E-state index contributed by atoms with van der Waals surface area (Å²) >= 11 is 0. The maximum atomic E-state index is 13.3. The Morgan fingerprint density at radius 3 is 2.47 bits per heavy atom. The van der Waals surface area contributed by atoms with Gasteiger partial charge in [-0.2, -0.15) is 18.2 Å². The van der Waals surface area contributed by atoms with Gasteiger partial charge in [0.15, 0.2) is 6.61 Å². The number of alkyl halides is 3. The van der Waals surface area contributed by atoms with E-state index >= 15 is 0 Å². The third-order valence-electron chi connectivity index (χ3n) is 5.66. The molecule has 3 rings (SSSR count). The van der Waals surface area contributed by atoms with Crippen LogP contribution in [0.5, 0.6) is 5.88 Å². The predicted molar refractivity (Wildman–Crippen MR) is 127 cm³/mol. The van der Waals surface area contributed by atoms with Gasteiger partial charge in [-0.05, 0) is 37.6 Å². The molecule has 2 aromatic rings. The van der Waals surface area contributed by atoms with E-state index in [0.29, 0.717) is 32.0 Å². The molecule has 1 atom stereocenters. The summed E-state index contributed by atoms with van der Waals surface area (Å²) in [5.41, 5.74) is 2.35. The van der Waals surface area contributed by atoms with Crippen LogP contribution >= 0.6 is 0 Å². The molecule has 11 heteroatoms. The number of amides is 1. The Hall–Kier alpha value is -3.21. The number of aromatic nitrogens is 2. The van der Waals surface area contributed by atoms with Gasteiger partial charge in [0.2, 0.25) is 5.88 Å². The molecule has 196 valence electrons. The minimum absolute atomic E-state index is 0.0739. The molecule has 1 N–H and O–H groups in total. The molecular weight excluding hydrogens is 477 g/mol. The lowest BCUT2D eigenvalue weighted by atomic mass is 10.0. The van der Waals surface area contributed by atoms with Gasteiger partial charge in [0.25, 0.3) is 5.91 Å².